The van der Waals surface area contributed by atoms with Crippen molar-refractivity contribution in [2.24, 2.45) is 0 Å². The molecule has 114 valence electrons. The molecule has 0 amide bonds. The second-order valence-electron chi connectivity index (χ2n) is 4.83. The quantitative estimate of drug-likeness (QED) is 0.883. The van der Waals surface area contributed by atoms with Crippen LogP contribution >= 0.6 is 0 Å². The lowest BCUT2D eigenvalue weighted by Crippen LogP contribution is -2.14. The Balaban J connectivity index is 2.57. The van der Waals surface area contributed by atoms with E-state index in [0.29, 0.717) is 12.1 Å². The second-order valence-corrected chi connectivity index (χ2v) is 4.83. The van der Waals surface area contributed by atoms with Crippen LogP contribution in [-0.4, -0.2) is 22.0 Å². The van der Waals surface area contributed by atoms with Gasteiger partial charge in [0, 0.05) is 17.7 Å². The Morgan fingerprint density at radius 3 is 2.33 bits per heavy atom. The van der Waals surface area contributed by atoms with Crippen LogP contribution in [0.25, 0.3) is 0 Å². The van der Waals surface area contributed by atoms with Gasteiger partial charge in [-0.3, -0.25) is 4.68 Å². The first-order valence-electron chi connectivity index (χ1n) is 6.30. The molecule has 2 aromatic rings. The molecule has 0 aliphatic rings. The Kier molecular flexibility index (Phi) is 4.22. The molecule has 0 saturated carbocycles. The number of hydrogen-bond donors (Lipinski definition) is 1. The summed E-state index contributed by atoms with van der Waals surface area (Å²) in [6, 6.07) is 0.898. The van der Waals surface area contributed by atoms with E-state index >= 15 is 0 Å². The predicted molar refractivity (Wildman–Crippen MR) is 69.5 cm³/mol. The van der Waals surface area contributed by atoms with Crippen LogP contribution in [0.15, 0.2) is 18.3 Å². The van der Waals surface area contributed by atoms with E-state index in [2.05, 4.69) is 5.10 Å². The van der Waals surface area contributed by atoms with Gasteiger partial charge in [0.2, 0.25) is 0 Å². The molecule has 21 heavy (non-hydrogen) atoms. The Labute approximate surface area is 119 Å². The summed E-state index contributed by atoms with van der Waals surface area (Å²) in [6.07, 6.45) is -0.156. The molecule has 0 bridgehead atoms. The van der Waals surface area contributed by atoms with Crippen LogP contribution in [0.1, 0.15) is 37.3 Å². The normalized spacial score (nSPS) is 12.8. The van der Waals surface area contributed by atoms with Gasteiger partial charge in [-0.05, 0) is 19.9 Å². The van der Waals surface area contributed by atoms with Gasteiger partial charge < -0.3 is 9.84 Å². The third-order valence-electron chi connectivity index (χ3n) is 3.10. The van der Waals surface area contributed by atoms with E-state index in [1.54, 1.807) is 0 Å². The molecule has 1 aromatic heterocycles. The molecule has 0 radical (unpaired) electrons. The molecular weight excluding hydrogens is 285 g/mol. The largest absolute Gasteiger partial charge is 0.493 e. The zero-order chi connectivity index (χ0) is 15.7. The molecule has 0 fully saturated rings. The first-order chi connectivity index (χ1) is 9.86. The Morgan fingerprint density at radius 2 is 1.76 bits per heavy atom. The van der Waals surface area contributed by atoms with E-state index in [1.165, 1.54) is 18.0 Å². The van der Waals surface area contributed by atoms with Crippen molar-refractivity contribution in [1.82, 2.24) is 9.78 Å². The van der Waals surface area contributed by atoms with Crippen molar-refractivity contribution in [3.05, 3.63) is 47.0 Å². The van der Waals surface area contributed by atoms with Gasteiger partial charge in [-0.2, -0.15) is 5.10 Å². The van der Waals surface area contributed by atoms with Gasteiger partial charge >= 0.3 is 0 Å². The van der Waals surface area contributed by atoms with Crippen LogP contribution in [0, 0.1) is 17.5 Å². The highest BCUT2D eigenvalue weighted by atomic mass is 19.2. The summed E-state index contributed by atoms with van der Waals surface area (Å²) < 4.78 is 46.6. The van der Waals surface area contributed by atoms with E-state index in [1.807, 2.05) is 13.8 Å². The maximum atomic E-state index is 13.8. The SMILES string of the molecule is COc1cnn(C(C)C)c1C(O)c1cc(F)c(F)cc1F. The van der Waals surface area contributed by atoms with Crippen molar-refractivity contribution in [1.29, 1.82) is 0 Å². The third kappa shape index (κ3) is 2.73. The number of aliphatic hydroxyl groups excluding tert-OH is 1. The van der Waals surface area contributed by atoms with E-state index in [4.69, 9.17) is 4.74 Å². The summed E-state index contributed by atoms with van der Waals surface area (Å²) in [6.45, 7) is 3.62. The van der Waals surface area contributed by atoms with Crippen molar-refractivity contribution in [3.8, 4) is 5.75 Å². The second kappa shape index (κ2) is 5.77. The van der Waals surface area contributed by atoms with E-state index in [9.17, 15) is 18.3 Å². The summed E-state index contributed by atoms with van der Waals surface area (Å²) in [5, 5.41) is 14.4. The van der Waals surface area contributed by atoms with Gasteiger partial charge in [-0.1, -0.05) is 0 Å². The topological polar surface area (TPSA) is 47.3 Å². The van der Waals surface area contributed by atoms with Gasteiger partial charge in [0.25, 0.3) is 0 Å². The fraction of sp³-hybridized carbons (Fsp3) is 0.357. The van der Waals surface area contributed by atoms with Crippen molar-refractivity contribution >= 4 is 0 Å². The van der Waals surface area contributed by atoms with E-state index < -0.39 is 23.6 Å². The first kappa shape index (κ1) is 15.4. The van der Waals surface area contributed by atoms with Crippen molar-refractivity contribution < 1.29 is 23.0 Å². The smallest absolute Gasteiger partial charge is 0.163 e. The van der Waals surface area contributed by atoms with Crippen LogP contribution in [0.5, 0.6) is 5.75 Å². The minimum Gasteiger partial charge on any atom is -0.493 e. The minimum atomic E-state index is -1.53. The van der Waals surface area contributed by atoms with E-state index in [-0.39, 0.29) is 23.0 Å². The number of hydrogen-bond acceptors (Lipinski definition) is 3. The fourth-order valence-corrected chi connectivity index (χ4v) is 2.08. The number of nitrogens with zero attached hydrogens (tertiary/aromatic N) is 2. The minimum absolute atomic E-state index is 0.132. The van der Waals surface area contributed by atoms with Crippen LogP contribution in [0.2, 0.25) is 0 Å². The Hall–Kier alpha value is -2.02. The molecule has 1 aromatic carbocycles. The van der Waals surface area contributed by atoms with Gasteiger partial charge in [0.05, 0.1) is 13.3 Å². The number of rotatable bonds is 4. The summed E-state index contributed by atoms with van der Waals surface area (Å²) >= 11 is 0. The summed E-state index contributed by atoms with van der Waals surface area (Å²) in [4.78, 5) is 0. The molecule has 1 unspecified atom stereocenters. The van der Waals surface area contributed by atoms with Crippen LogP contribution in [0.4, 0.5) is 13.2 Å². The van der Waals surface area contributed by atoms with Crippen molar-refractivity contribution in [3.63, 3.8) is 0 Å². The Morgan fingerprint density at radius 1 is 1.14 bits per heavy atom. The average molecular weight is 300 g/mol. The lowest BCUT2D eigenvalue weighted by atomic mass is 10.0. The van der Waals surface area contributed by atoms with Gasteiger partial charge in [-0.25, -0.2) is 13.2 Å². The van der Waals surface area contributed by atoms with Crippen molar-refractivity contribution in [2.75, 3.05) is 7.11 Å². The highest BCUT2D eigenvalue weighted by Gasteiger charge is 2.26. The molecular formula is C14H15F3N2O2. The maximum absolute atomic E-state index is 13.8. The molecule has 2 rings (SSSR count). The van der Waals surface area contributed by atoms with Gasteiger partial charge in [0.15, 0.2) is 17.4 Å². The molecule has 0 aliphatic carbocycles. The molecule has 0 saturated heterocycles. The highest BCUT2D eigenvalue weighted by Crippen LogP contribution is 2.33. The summed E-state index contributed by atoms with van der Waals surface area (Å²) in [5.41, 5.74) is -0.202. The van der Waals surface area contributed by atoms with Gasteiger partial charge in [0.1, 0.15) is 17.6 Å². The monoisotopic (exact) mass is 300 g/mol. The molecule has 4 nitrogen and oxygen atoms in total. The average Bonchev–Trinajstić information content (AvgIpc) is 2.86. The maximum Gasteiger partial charge on any atom is 0.163 e. The number of ether oxygens (including phenoxy) is 1. The molecule has 7 heteroatoms. The molecule has 1 heterocycles. The number of aliphatic hydroxyl groups is 1. The summed E-state index contributed by atoms with van der Waals surface area (Å²) in [7, 11) is 1.37. The van der Waals surface area contributed by atoms with E-state index in [0.717, 1.165) is 0 Å². The Bertz CT molecular complexity index is 656. The van der Waals surface area contributed by atoms with Crippen LogP contribution < -0.4 is 4.74 Å². The fourth-order valence-electron chi connectivity index (χ4n) is 2.08. The van der Waals surface area contributed by atoms with Gasteiger partial charge in [-0.15, -0.1) is 0 Å². The zero-order valence-corrected chi connectivity index (χ0v) is 11.8. The van der Waals surface area contributed by atoms with Crippen molar-refractivity contribution in [2.45, 2.75) is 26.0 Å². The first-order valence-corrected chi connectivity index (χ1v) is 6.30. The molecule has 1 N–H and O–H groups in total. The number of halogens is 3. The standard InChI is InChI=1S/C14H15F3N2O2/c1-7(2)19-13(12(21-3)6-18-19)14(20)8-4-10(16)11(17)5-9(8)15/h4-7,14,20H,1-3H3. The molecule has 1 atom stereocenters. The lowest BCUT2D eigenvalue weighted by molar-refractivity contribution is 0.194. The predicted octanol–water partition coefficient (Wildman–Crippen LogP) is 2.97. The molecule has 0 aliphatic heterocycles. The molecule has 0 spiro atoms. The van der Waals surface area contributed by atoms with Crippen LogP contribution in [-0.2, 0) is 0 Å². The number of aromatic nitrogens is 2. The number of methoxy groups -OCH3 is 1. The number of benzene rings is 1. The van der Waals surface area contributed by atoms with Crippen LogP contribution in [0.3, 0.4) is 0 Å². The highest BCUT2D eigenvalue weighted by molar-refractivity contribution is 5.36. The lowest BCUT2D eigenvalue weighted by Gasteiger charge is -2.18. The summed E-state index contributed by atoms with van der Waals surface area (Å²) in [5.74, 6) is -3.35. The third-order valence-corrected chi connectivity index (χ3v) is 3.10. The zero-order valence-electron chi connectivity index (χ0n) is 11.8.